The first-order chi connectivity index (χ1) is 13.6. The standard InChI is InChI=1S/C21H21F3N2O3/c1-12-18(19-15(10-26(2)3)17(27)9-8-16(19)25-12)20(28)29-11-13-4-6-14(7-5-13)21(22,23)24/h4-9,25,27H,10-11H2,1-3H3. The van der Waals surface area contributed by atoms with Crippen LogP contribution in [-0.2, 0) is 24.1 Å². The smallest absolute Gasteiger partial charge is 0.416 e. The van der Waals surface area contributed by atoms with Gasteiger partial charge in [0.2, 0.25) is 0 Å². The highest BCUT2D eigenvalue weighted by atomic mass is 19.4. The second kappa shape index (κ2) is 7.79. The van der Waals surface area contributed by atoms with Crippen LogP contribution in [-0.4, -0.2) is 35.1 Å². The number of esters is 1. The zero-order valence-electron chi connectivity index (χ0n) is 16.2. The SMILES string of the molecule is Cc1[nH]c2ccc(O)c(CN(C)C)c2c1C(=O)OCc1ccc(C(F)(F)F)cc1. The number of nitrogens with zero attached hydrogens (tertiary/aromatic N) is 1. The minimum absolute atomic E-state index is 0.0713. The van der Waals surface area contributed by atoms with Crippen molar-refractivity contribution in [3.63, 3.8) is 0 Å². The molecule has 0 amide bonds. The number of phenols is 1. The Morgan fingerprint density at radius 2 is 1.79 bits per heavy atom. The summed E-state index contributed by atoms with van der Waals surface area (Å²) in [7, 11) is 3.70. The number of ether oxygens (including phenoxy) is 1. The van der Waals surface area contributed by atoms with Crippen LogP contribution in [0.15, 0.2) is 36.4 Å². The van der Waals surface area contributed by atoms with Gasteiger partial charge in [0.1, 0.15) is 12.4 Å². The normalized spacial score (nSPS) is 12.0. The van der Waals surface area contributed by atoms with Crippen molar-refractivity contribution in [2.75, 3.05) is 14.1 Å². The summed E-state index contributed by atoms with van der Waals surface area (Å²) in [5.41, 5.74) is 1.86. The zero-order chi connectivity index (χ0) is 21.3. The Morgan fingerprint density at radius 1 is 1.14 bits per heavy atom. The number of halogens is 3. The van der Waals surface area contributed by atoms with Crippen molar-refractivity contribution in [2.45, 2.75) is 26.3 Å². The van der Waals surface area contributed by atoms with Gasteiger partial charge in [-0.3, -0.25) is 0 Å². The first kappa shape index (κ1) is 20.7. The lowest BCUT2D eigenvalue weighted by Crippen LogP contribution is -2.12. The molecular weight excluding hydrogens is 385 g/mol. The van der Waals surface area contributed by atoms with Crippen LogP contribution >= 0.6 is 0 Å². The largest absolute Gasteiger partial charge is 0.508 e. The van der Waals surface area contributed by atoms with E-state index in [-0.39, 0.29) is 12.4 Å². The van der Waals surface area contributed by atoms with E-state index in [0.717, 1.165) is 12.1 Å². The highest BCUT2D eigenvalue weighted by molar-refractivity contribution is 6.07. The quantitative estimate of drug-likeness (QED) is 0.607. The molecule has 1 aromatic heterocycles. The highest BCUT2D eigenvalue weighted by Gasteiger charge is 2.30. The van der Waals surface area contributed by atoms with Crippen LogP contribution in [0, 0.1) is 6.92 Å². The summed E-state index contributed by atoms with van der Waals surface area (Å²) < 4.78 is 43.3. The summed E-state index contributed by atoms with van der Waals surface area (Å²) in [6.07, 6.45) is -4.42. The minimum atomic E-state index is -4.42. The minimum Gasteiger partial charge on any atom is -0.508 e. The topological polar surface area (TPSA) is 65.6 Å². The Hall–Kier alpha value is -3.00. The number of aryl methyl sites for hydroxylation is 1. The Labute approximate surface area is 165 Å². The third-order valence-corrected chi connectivity index (χ3v) is 4.56. The van der Waals surface area contributed by atoms with Crippen molar-refractivity contribution in [1.29, 1.82) is 0 Å². The number of fused-ring (bicyclic) bond motifs is 1. The molecule has 0 aliphatic rings. The molecule has 2 aromatic carbocycles. The van der Waals surface area contributed by atoms with E-state index in [0.29, 0.717) is 39.8 Å². The van der Waals surface area contributed by atoms with Crippen LogP contribution < -0.4 is 0 Å². The molecule has 0 atom stereocenters. The summed E-state index contributed by atoms with van der Waals surface area (Å²) in [6, 6.07) is 7.71. The van der Waals surface area contributed by atoms with Crippen LogP contribution in [0.1, 0.15) is 32.7 Å². The lowest BCUT2D eigenvalue weighted by Gasteiger charge is -2.14. The van der Waals surface area contributed by atoms with Crippen molar-refractivity contribution in [1.82, 2.24) is 9.88 Å². The van der Waals surface area contributed by atoms with Gasteiger partial charge in [-0.2, -0.15) is 13.2 Å². The third-order valence-electron chi connectivity index (χ3n) is 4.56. The number of carbonyl (C=O) groups excluding carboxylic acids is 1. The van der Waals surface area contributed by atoms with Crippen LogP contribution in [0.2, 0.25) is 0 Å². The van der Waals surface area contributed by atoms with Crippen molar-refractivity contribution >= 4 is 16.9 Å². The first-order valence-corrected chi connectivity index (χ1v) is 8.89. The molecule has 0 saturated heterocycles. The number of aromatic nitrogens is 1. The van der Waals surface area contributed by atoms with E-state index in [4.69, 9.17) is 4.74 Å². The molecule has 1 heterocycles. The molecule has 0 unspecified atom stereocenters. The van der Waals surface area contributed by atoms with E-state index in [1.54, 1.807) is 19.1 Å². The molecule has 3 aromatic rings. The van der Waals surface area contributed by atoms with Gasteiger partial charge >= 0.3 is 12.1 Å². The maximum Gasteiger partial charge on any atom is 0.416 e. The zero-order valence-corrected chi connectivity index (χ0v) is 16.2. The average Bonchev–Trinajstić information content (AvgIpc) is 2.98. The lowest BCUT2D eigenvalue weighted by atomic mass is 10.0. The Bertz CT molecular complexity index is 1040. The number of benzene rings is 2. The molecule has 0 aliphatic heterocycles. The maximum absolute atomic E-state index is 12.8. The highest BCUT2D eigenvalue weighted by Crippen LogP contribution is 2.33. The van der Waals surface area contributed by atoms with Crippen LogP contribution in [0.4, 0.5) is 13.2 Å². The Kier molecular flexibility index (Phi) is 5.57. The maximum atomic E-state index is 12.8. The van der Waals surface area contributed by atoms with Gasteiger partial charge in [-0.1, -0.05) is 12.1 Å². The Morgan fingerprint density at radius 3 is 2.38 bits per heavy atom. The molecule has 3 rings (SSSR count). The summed E-state index contributed by atoms with van der Waals surface area (Å²) in [5, 5.41) is 10.9. The molecule has 29 heavy (non-hydrogen) atoms. The van der Waals surface area contributed by atoms with E-state index in [1.807, 2.05) is 19.0 Å². The summed E-state index contributed by atoms with van der Waals surface area (Å²) in [6.45, 7) is 1.98. The number of carbonyl (C=O) groups is 1. The van der Waals surface area contributed by atoms with Crippen molar-refractivity contribution in [3.05, 3.63) is 64.3 Å². The van der Waals surface area contributed by atoms with Crippen molar-refractivity contribution < 1.29 is 27.8 Å². The number of aromatic hydroxyl groups is 1. The van der Waals surface area contributed by atoms with Gasteiger partial charge in [-0.25, -0.2) is 4.79 Å². The average molecular weight is 406 g/mol. The van der Waals surface area contributed by atoms with Crippen molar-refractivity contribution in [2.24, 2.45) is 0 Å². The predicted molar refractivity (Wildman–Crippen MR) is 103 cm³/mol. The molecule has 5 nitrogen and oxygen atoms in total. The van der Waals surface area contributed by atoms with Gasteiger partial charge in [0.25, 0.3) is 0 Å². The second-order valence-electron chi connectivity index (χ2n) is 7.12. The molecule has 0 saturated carbocycles. The molecular formula is C21H21F3N2O3. The van der Waals surface area contributed by atoms with Crippen molar-refractivity contribution in [3.8, 4) is 5.75 Å². The molecule has 2 N–H and O–H groups in total. The van der Waals surface area contributed by atoms with Gasteiger partial charge in [-0.15, -0.1) is 0 Å². The van der Waals surface area contributed by atoms with Gasteiger partial charge in [0.05, 0.1) is 11.1 Å². The van der Waals surface area contributed by atoms with E-state index in [1.165, 1.54) is 12.1 Å². The summed E-state index contributed by atoms with van der Waals surface area (Å²) >= 11 is 0. The molecule has 0 fully saturated rings. The van der Waals surface area contributed by atoms with E-state index < -0.39 is 17.7 Å². The van der Waals surface area contributed by atoms with Gasteiger partial charge < -0.3 is 19.7 Å². The van der Waals surface area contributed by atoms with Crippen LogP contribution in [0.5, 0.6) is 5.75 Å². The number of hydrogen-bond acceptors (Lipinski definition) is 4. The summed E-state index contributed by atoms with van der Waals surface area (Å²) in [5.74, 6) is -0.541. The van der Waals surface area contributed by atoms with E-state index >= 15 is 0 Å². The number of nitrogens with one attached hydrogen (secondary N) is 1. The fourth-order valence-corrected chi connectivity index (χ4v) is 3.22. The van der Waals surface area contributed by atoms with Crippen LogP contribution in [0.25, 0.3) is 10.9 Å². The number of alkyl halides is 3. The van der Waals surface area contributed by atoms with Gasteiger partial charge in [0, 0.05) is 28.7 Å². The third kappa shape index (κ3) is 4.37. The number of aromatic amines is 1. The van der Waals surface area contributed by atoms with E-state index in [2.05, 4.69) is 4.98 Å². The monoisotopic (exact) mass is 406 g/mol. The molecule has 0 bridgehead atoms. The number of H-pyrrole nitrogens is 1. The van der Waals surface area contributed by atoms with Gasteiger partial charge in [0.15, 0.2) is 0 Å². The molecule has 0 aliphatic carbocycles. The number of hydrogen-bond donors (Lipinski definition) is 2. The fraction of sp³-hybridized carbons (Fsp3) is 0.286. The first-order valence-electron chi connectivity index (χ1n) is 8.89. The fourth-order valence-electron chi connectivity index (χ4n) is 3.22. The Balaban J connectivity index is 1.87. The number of phenolic OH excluding ortho intramolecular Hbond substituents is 1. The predicted octanol–water partition coefficient (Wildman–Crippen LogP) is 4.62. The van der Waals surface area contributed by atoms with E-state index in [9.17, 15) is 23.1 Å². The molecule has 8 heteroatoms. The van der Waals surface area contributed by atoms with Gasteiger partial charge in [-0.05, 0) is 50.8 Å². The lowest BCUT2D eigenvalue weighted by molar-refractivity contribution is -0.137. The molecule has 0 spiro atoms. The summed E-state index contributed by atoms with van der Waals surface area (Å²) in [4.78, 5) is 17.8. The molecule has 0 radical (unpaired) electrons. The number of rotatable bonds is 5. The second-order valence-corrected chi connectivity index (χ2v) is 7.12. The van der Waals surface area contributed by atoms with Crippen LogP contribution in [0.3, 0.4) is 0 Å². The molecule has 154 valence electrons.